The first-order valence-corrected chi connectivity index (χ1v) is 11.3. The van der Waals surface area contributed by atoms with Crippen LogP contribution in [0.2, 0.25) is 5.02 Å². The first-order chi connectivity index (χ1) is 13.0. The third-order valence-electron chi connectivity index (χ3n) is 4.91. The maximum absolute atomic E-state index is 13.6. The Morgan fingerprint density at radius 2 is 2.00 bits per heavy atom. The van der Waals surface area contributed by atoms with E-state index in [-0.39, 0.29) is 10.9 Å². The number of aromatic nitrogens is 2. The lowest BCUT2D eigenvalue weighted by Crippen LogP contribution is -2.40. The van der Waals surface area contributed by atoms with Crippen LogP contribution < -0.4 is 4.90 Å². The Morgan fingerprint density at radius 1 is 1.32 bits per heavy atom. The summed E-state index contributed by atoms with van der Waals surface area (Å²) in [6, 6.07) is 5.32. The SMILES string of the molecule is CC/C=C(\C)C[C@]1(C)C(=O)N(c2cc(C)cc(Cl)c2)c2ncc(S(C)(=O)=O)n21. The number of carbonyl (C=O) groups is 1. The summed E-state index contributed by atoms with van der Waals surface area (Å²) >= 11 is 6.21. The molecule has 0 radical (unpaired) electrons. The molecule has 0 spiro atoms. The normalized spacial score (nSPS) is 20.0. The van der Waals surface area contributed by atoms with Crippen molar-refractivity contribution in [3.63, 3.8) is 0 Å². The first kappa shape index (κ1) is 20.6. The van der Waals surface area contributed by atoms with Crippen molar-refractivity contribution < 1.29 is 13.2 Å². The second-order valence-corrected chi connectivity index (χ2v) is 9.94. The number of halogens is 1. The maximum atomic E-state index is 13.6. The Hall–Kier alpha value is -2.12. The molecule has 0 saturated heterocycles. The third kappa shape index (κ3) is 3.37. The Labute approximate surface area is 170 Å². The summed E-state index contributed by atoms with van der Waals surface area (Å²) in [7, 11) is -3.57. The Kier molecular flexibility index (Phi) is 5.18. The van der Waals surface area contributed by atoms with Crippen molar-refractivity contribution in [1.29, 1.82) is 0 Å². The summed E-state index contributed by atoms with van der Waals surface area (Å²) in [4.78, 5) is 19.4. The minimum atomic E-state index is -3.57. The molecule has 0 fully saturated rings. The van der Waals surface area contributed by atoms with Crippen LogP contribution >= 0.6 is 11.6 Å². The van der Waals surface area contributed by atoms with Crippen molar-refractivity contribution in [2.24, 2.45) is 0 Å². The average Bonchev–Trinajstić information content (AvgIpc) is 3.06. The molecule has 1 atom stereocenters. The van der Waals surface area contributed by atoms with Gasteiger partial charge < -0.3 is 0 Å². The summed E-state index contributed by atoms with van der Waals surface area (Å²) in [6.07, 6.45) is 5.72. The smallest absolute Gasteiger partial charge is 0.260 e. The van der Waals surface area contributed by atoms with Crippen LogP contribution in [0.1, 0.15) is 39.2 Å². The van der Waals surface area contributed by atoms with Gasteiger partial charge in [0.2, 0.25) is 5.95 Å². The number of sulfone groups is 1. The zero-order valence-electron chi connectivity index (χ0n) is 16.7. The molecule has 150 valence electrons. The number of aryl methyl sites for hydroxylation is 1. The van der Waals surface area contributed by atoms with Gasteiger partial charge in [-0.15, -0.1) is 0 Å². The molecule has 0 saturated carbocycles. The summed E-state index contributed by atoms with van der Waals surface area (Å²) in [5.41, 5.74) is 1.38. The van der Waals surface area contributed by atoms with Crippen molar-refractivity contribution in [3.8, 4) is 0 Å². The molecule has 0 bridgehead atoms. The fraction of sp³-hybridized carbons (Fsp3) is 0.400. The van der Waals surface area contributed by atoms with Gasteiger partial charge in [-0.3, -0.25) is 9.36 Å². The number of rotatable bonds is 5. The molecule has 3 rings (SSSR count). The van der Waals surface area contributed by atoms with Gasteiger partial charge in [0, 0.05) is 17.7 Å². The lowest BCUT2D eigenvalue weighted by atomic mass is 9.92. The zero-order chi connectivity index (χ0) is 20.9. The van der Waals surface area contributed by atoms with Gasteiger partial charge in [-0.25, -0.2) is 18.3 Å². The highest BCUT2D eigenvalue weighted by molar-refractivity contribution is 7.90. The van der Waals surface area contributed by atoms with Crippen LogP contribution in [0.25, 0.3) is 0 Å². The molecule has 1 aromatic heterocycles. The van der Waals surface area contributed by atoms with E-state index in [1.807, 2.05) is 32.9 Å². The van der Waals surface area contributed by atoms with Crippen LogP contribution in [0.5, 0.6) is 0 Å². The number of fused-ring (bicyclic) bond motifs is 1. The largest absolute Gasteiger partial charge is 0.285 e. The van der Waals surface area contributed by atoms with E-state index in [1.54, 1.807) is 23.6 Å². The molecular formula is C20H24ClN3O3S. The molecule has 8 heteroatoms. The molecule has 0 N–H and O–H groups in total. The first-order valence-electron chi connectivity index (χ1n) is 9.04. The molecule has 2 heterocycles. The predicted octanol–water partition coefficient (Wildman–Crippen LogP) is 4.39. The second kappa shape index (κ2) is 7.04. The number of imidazole rings is 1. The summed E-state index contributed by atoms with van der Waals surface area (Å²) in [5, 5.41) is 0.531. The van der Waals surface area contributed by atoms with Crippen molar-refractivity contribution in [1.82, 2.24) is 9.55 Å². The van der Waals surface area contributed by atoms with E-state index in [2.05, 4.69) is 4.98 Å². The van der Waals surface area contributed by atoms with E-state index < -0.39 is 15.4 Å². The monoisotopic (exact) mass is 421 g/mol. The molecule has 6 nitrogen and oxygen atoms in total. The van der Waals surface area contributed by atoms with E-state index in [0.29, 0.717) is 23.1 Å². The highest BCUT2D eigenvalue weighted by Crippen LogP contribution is 2.45. The van der Waals surface area contributed by atoms with E-state index in [1.165, 1.54) is 11.1 Å². The van der Waals surface area contributed by atoms with Crippen molar-refractivity contribution >= 4 is 39.0 Å². The minimum absolute atomic E-state index is 0.0314. The highest BCUT2D eigenvalue weighted by Gasteiger charge is 2.51. The van der Waals surface area contributed by atoms with Gasteiger partial charge in [0.25, 0.3) is 5.91 Å². The fourth-order valence-electron chi connectivity index (χ4n) is 3.83. The number of hydrogen-bond acceptors (Lipinski definition) is 4. The number of amides is 1. The number of hydrogen-bond donors (Lipinski definition) is 0. The minimum Gasteiger partial charge on any atom is -0.285 e. The van der Waals surface area contributed by atoms with Crippen LogP contribution in [-0.2, 0) is 20.2 Å². The van der Waals surface area contributed by atoms with Gasteiger partial charge in [0.15, 0.2) is 14.9 Å². The fourth-order valence-corrected chi connectivity index (χ4v) is 4.98. The van der Waals surface area contributed by atoms with Crippen LogP contribution in [0, 0.1) is 6.92 Å². The molecule has 1 aromatic carbocycles. The van der Waals surface area contributed by atoms with E-state index in [0.717, 1.165) is 23.8 Å². The molecule has 1 aliphatic heterocycles. The van der Waals surface area contributed by atoms with Crippen molar-refractivity contribution in [2.45, 2.75) is 51.1 Å². The third-order valence-corrected chi connectivity index (χ3v) is 6.17. The molecule has 0 unspecified atom stereocenters. The van der Waals surface area contributed by atoms with Crippen molar-refractivity contribution in [2.75, 3.05) is 11.2 Å². The summed E-state index contributed by atoms with van der Waals surface area (Å²) in [5.74, 6) is 0.0601. The quantitative estimate of drug-likeness (QED) is 0.671. The molecule has 2 aromatic rings. The highest BCUT2D eigenvalue weighted by atomic mass is 35.5. The van der Waals surface area contributed by atoms with Gasteiger partial charge >= 0.3 is 0 Å². The Morgan fingerprint density at radius 3 is 2.57 bits per heavy atom. The predicted molar refractivity (Wildman–Crippen MR) is 111 cm³/mol. The Balaban J connectivity index is 2.26. The van der Waals surface area contributed by atoms with Gasteiger partial charge in [-0.05, 0) is 51.0 Å². The number of nitrogens with zero attached hydrogens (tertiary/aromatic N) is 3. The van der Waals surface area contributed by atoms with Gasteiger partial charge in [0.1, 0.15) is 5.54 Å². The van der Waals surface area contributed by atoms with Crippen molar-refractivity contribution in [3.05, 3.63) is 46.6 Å². The van der Waals surface area contributed by atoms with E-state index >= 15 is 0 Å². The van der Waals surface area contributed by atoms with Gasteiger partial charge in [-0.1, -0.05) is 30.2 Å². The van der Waals surface area contributed by atoms with Crippen LogP contribution in [0.4, 0.5) is 11.6 Å². The summed E-state index contributed by atoms with van der Waals surface area (Å²) < 4.78 is 26.3. The van der Waals surface area contributed by atoms with Crippen LogP contribution in [0.3, 0.4) is 0 Å². The van der Waals surface area contributed by atoms with Crippen LogP contribution in [-0.4, -0.2) is 30.1 Å². The van der Waals surface area contributed by atoms with Gasteiger partial charge in [0.05, 0.1) is 11.9 Å². The lowest BCUT2D eigenvalue weighted by Gasteiger charge is -2.26. The molecule has 28 heavy (non-hydrogen) atoms. The summed E-state index contributed by atoms with van der Waals surface area (Å²) in [6.45, 7) is 7.62. The average molecular weight is 422 g/mol. The number of benzene rings is 1. The van der Waals surface area contributed by atoms with E-state index in [9.17, 15) is 13.2 Å². The van der Waals surface area contributed by atoms with Crippen LogP contribution in [0.15, 0.2) is 41.1 Å². The number of anilines is 2. The lowest BCUT2D eigenvalue weighted by molar-refractivity contribution is -0.124. The molecule has 1 amide bonds. The molecule has 0 aliphatic carbocycles. The number of allylic oxidation sites excluding steroid dienone is 2. The second-order valence-electron chi connectivity index (χ2n) is 7.54. The molecule has 1 aliphatic rings. The standard InChI is InChI=1S/C20H24ClN3O3S/c1-6-7-13(2)11-20(4)18(25)23(16-9-14(3)8-15(21)10-16)19-22-12-17(24(19)20)28(5,26)27/h7-10,12H,6,11H2,1-5H3/b13-7+/t20-/m1/s1. The Bertz CT molecular complexity index is 1070. The molecular weight excluding hydrogens is 398 g/mol. The topological polar surface area (TPSA) is 72.3 Å². The van der Waals surface area contributed by atoms with Gasteiger partial charge in [-0.2, -0.15) is 0 Å². The number of carbonyl (C=O) groups excluding carboxylic acids is 1. The zero-order valence-corrected chi connectivity index (χ0v) is 18.2. The maximum Gasteiger partial charge on any atom is 0.260 e. The van der Waals surface area contributed by atoms with E-state index in [4.69, 9.17) is 11.6 Å².